The molecule has 1 aliphatic heterocycles. The van der Waals surface area contributed by atoms with Gasteiger partial charge in [-0.15, -0.1) is 0 Å². The Hall–Kier alpha value is -3.16. The number of amides is 2. The number of carbonyl (C=O) groups is 2. The van der Waals surface area contributed by atoms with E-state index >= 15 is 0 Å². The number of piperidine rings is 1. The Bertz CT molecular complexity index is 1270. The standard InChI is InChI=1S/C24H26ClN5O4S/c1-35(33,34)19-5-6-21(27-13-19)30-10-7-16(12-22(31)29-24(15-26)8-9-24)20(14-30)28-23(32)17-3-2-4-18(25)11-17/h2-6,11,13,16,20H,7-10,12,14H2,1H3,(H,28,32)(H,29,31). The zero-order chi connectivity index (χ0) is 25.2. The van der Waals surface area contributed by atoms with Crippen LogP contribution < -0.4 is 15.5 Å². The van der Waals surface area contributed by atoms with Gasteiger partial charge in [-0.3, -0.25) is 9.59 Å². The first-order valence-corrected chi connectivity index (χ1v) is 13.6. The van der Waals surface area contributed by atoms with Crippen LogP contribution in [0.5, 0.6) is 0 Å². The number of benzene rings is 1. The number of sulfone groups is 1. The lowest BCUT2D eigenvalue weighted by atomic mass is 9.87. The Morgan fingerprint density at radius 3 is 2.66 bits per heavy atom. The summed E-state index contributed by atoms with van der Waals surface area (Å²) in [6.45, 7) is 0.967. The van der Waals surface area contributed by atoms with E-state index in [0.717, 1.165) is 6.26 Å². The molecular formula is C24H26ClN5O4S. The summed E-state index contributed by atoms with van der Waals surface area (Å²) in [4.78, 5) is 32.0. The summed E-state index contributed by atoms with van der Waals surface area (Å²) in [6, 6.07) is 11.6. The van der Waals surface area contributed by atoms with E-state index in [4.69, 9.17) is 11.6 Å². The Kier molecular flexibility index (Phi) is 7.01. The van der Waals surface area contributed by atoms with Gasteiger partial charge in [-0.25, -0.2) is 13.4 Å². The van der Waals surface area contributed by atoms with Gasteiger partial charge in [0.05, 0.1) is 17.0 Å². The largest absolute Gasteiger partial charge is 0.355 e. The summed E-state index contributed by atoms with van der Waals surface area (Å²) < 4.78 is 23.5. The fraction of sp³-hybridized carbons (Fsp3) is 0.417. The lowest BCUT2D eigenvalue weighted by Gasteiger charge is -2.39. The fourth-order valence-corrected chi connectivity index (χ4v) is 4.97. The van der Waals surface area contributed by atoms with Crippen LogP contribution in [-0.2, 0) is 14.6 Å². The quantitative estimate of drug-likeness (QED) is 0.578. The van der Waals surface area contributed by atoms with Crippen LogP contribution in [0.2, 0.25) is 5.02 Å². The number of nitrogens with zero attached hydrogens (tertiary/aromatic N) is 3. The minimum absolute atomic E-state index is 0.130. The Balaban J connectivity index is 1.51. The van der Waals surface area contributed by atoms with Crippen LogP contribution >= 0.6 is 11.6 Å². The maximum Gasteiger partial charge on any atom is 0.251 e. The molecule has 0 radical (unpaired) electrons. The molecule has 0 spiro atoms. The van der Waals surface area contributed by atoms with Crippen molar-refractivity contribution in [1.29, 1.82) is 5.26 Å². The van der Waals surface area contributed by atoms with Crippen molar-refractivity contribution in [1.82, 2.24) is 15.6 Å². The number of carbonyl (C=O) groups excluding carboxylic acids is 2. The van der Waals surface area contributed by atoms with Gasteiger partial charge in [0.2, 0.25) is 5.91 Å². The van der Waals surface area contributed by atoms with Crippen LogP contribution in [0.15, 0.2) is 47.5 Å². The number of nitriles is 1. The predicted octanol–water partition coefficient (Wildman–Crippen LogP) is 2.33. The van der Waals surface area contributed by atoms with Crippen LogP contribution in [-0.4, -0.2) is 56.1 Å². The van der Waals surface area contributed by atoms with Crippen LogP contribution in [0.1, 0.15) is 36.0 Å². The molecule has 2 atom stereocenters. The summed E-state index contributed by atoms with van der Waals surface area (Å²) in [5, 5.41) is 15.6. The first-order chi connectivity index (χ1) is 16.6. The van der Waals surface area contributed by atoms with E-state index in [2.05, 4.69) is 21.7 Å². The first kappa shape index (κ1) is 24.9. The average Bonchev–Trinajstić information content (AvgIpc) is 3.59. The highest BCUT2D eigenvalue weighted by Gasteiger charge is 2.45. The van der Waals surface area contributed by atoms with Gasteiger partial charge in [-0.05, 0) is 55.5 Å². The molecule has 2 unspecified atom stereocenters. The maximum atomic E-state index is 13.0. The van der Waals surface area contributed by atoms with Crippen LogP contribution in [0.25, 0.3) is 0 Å². The van der Waals surface area contributed by atoms with Crippen molar-refractivity contribution in [3.05, 3.63) is 53.2 Å². The minimum Gasteiger partial charge on any atom is -0.355 e. The smallest absolute Gasteiger partial charge is 0.251 e. The number of pyridine rings is 1. The summed E-state index contributed by atoms with van der Waals surface area (Å²) in [5.74, 6) is -0.0798. The van der Waals surface area contributed by atoms with Gasteiger partial charge in [0.15, 0.2) is 9.84 Å². The third-order valence-electron chi connectivity index (χ3n) is 6.42. The zero-order valence-corrected chi connectivity index (χ0v) is 20.8. The van der Waals surface area contributed by atoms with Gasteiger partial charge in [0.25, 0.3) is 5.91 Å². The maximum absolute atomic E-state index is 13.0. The molecule has 35 heavy (non-hydrogen) atoms. The van der Waals surface area contributed by atoms with Gasteiger partial charge in [-0.1, -0.05) is 17.7 Å². The zero-order valence-electron chi connectivity index (χ0n) is 19.2. The number of halogens is 1. The third-order valence-corrected chi connectivity index (χ3v) is 7.76. The number of hydrogen-bond donors (Lipinski definition) is 2. The van der Waals surface area contributed by atoms with E-state index in [1.165, 1.54) is 12.3 Å². The van der Waals surface area contributed by atoms with Crippen LogP contribution in [0.4, 0.5) is 5.82 Å². The summed E-state index contributed by atoms with van der Waals surface area (Å²) in [6.07, 6.45) is 4.52. The van der Waals surface area contributed by atoms with Gasteiger partial charge in [-0.2, -0.15) is 5.26 Å². The highest BCUT2D eigenvalue weighted by molar-refractivity contribution is 7.90. The minimum atomic E-state index is -3.36. The topological polar surface area (TPSA) is 132 Å². The SMILES string of the molecule is CS(=O)(=O)c1ccc(N2CCC(CC(=O)NC3(C#N)CC3)C(NC(=O)c3cccc(Cl)c3)C2)nc1. The number of rotatable bonds is 7. The molecule has 1 saturated carbocycles. The van der Waals surface area contributed by atoms with E-state index in [-0.39, 0.29) is 35.1 Å². The summed E-state index contributed by atoms with van der Waals surface area (Å²) in [7, 11) is -3.36. The Morgan fingerprint density at radius 2 is 2.06 bits per heavy atom. The predicted molar refractivity (Wildman–Crippen MR) is 131 cm³/mol. The molecule has 11 heteroatoms. The lowest BCUT2D eigenvalue weighted by molar-refractivity contribution is -0.123. The molecule has 2 fully saturated rings. The van der Waals surface area contributed by atoms with Gasteiger partial charge in [0, 0.05) is 42.5 Å². The second-order valence-corrected chi connectivity index (χ2v) is 11.6. The second-order valence-electron chi connectivity index (χ2n) is 9.16. The molecule has 184 valence electrons. The molecule has 1 aromatic carbocycles. The van der Waals surface area contributed by atoms with E-state index in [1.807, 2.05) is 4.90 Å². The van der Waals surface area contributed by atoms with Crippen molar-refractivity contribution in [2.45, 2.75) is 42.2 Å². The molecule has 2 amide bonds. The van der Waals surface area contributed by atoms with Crippen molar-refractivity contribution >= 4 is 39.1 Å². The van der Waals surface area contributed by atoms with Crippen LogP contribution in [0.3, 0.4) is 0 Å². The molecule has 2 aromatic rings. The highest BCUT2D eigenvalue weighted by Crippen LogP contribution is 2.35. The van der Waals surface area contributed by atoms with E-state index in [1.54, 1.807) is 30.3 Å². The summed E-state index contributed by atoms with van der Waals surface area (Å²) in [5.41, 5.74) is -0.336. The third kappa shape index (κ3) is 6.10. The van der Waals surface area contributed by atoms with Crippen LogP contribution in [0, 0.1) is 17.2 Å². The monoisotopic (exact) mass is 515 g/mol. The fourth-order valence-electron chi connectivity index (χ4n) is 4.22. The number of hydrogen-bond acceptors (Lipinski definition) is 7. The molecule has 2 heterocycles. The first-order valence-electron chi connectivity index (χ1n) is 11.3. The highest BCUT2D eigenvalue weighted by atomic mass is 35.5. The molecule has 1 saturated heterocycles. The average molecular weight is 516 g/mol. The Labute approximate surface area is 209 Å². The van der Waals surface area contributed by atoms with Gasteiger partial charge in [0.1, 0.15) is 11.4 Å². The molecule has 1 aliphatic carbocycles. The van der Waals surface area contributed by atoms with Crippen molar-refractivity contribution in [2.24, 2.45) is 5.92 Å². The molecule has 0 bridgehead atoms. The number of aromatic nitrogens is 1. The van der Waals surface area contributed by atoms with Crippen molar-refractivity contribution < 1.29 is 18.0 Å². The molecule has 4 rings (SSSR count). The molecule has 2 aliphatic rings. The van der Waals surface area contributed by atoms with Gasteiger partial charge >= 0.3 is 0 Å². The second kappa shape index (κ2) is 9.84. The van der Waals surface area contributed by atoms with Gasteiger partial charge < -0.3 is 15.5 Å². The Morgan fingerprint density at radius 1 is 1.29 bits per heavy atom. The van der Waals surface area contributed by atoms with E-state index < -0.39 is 15.4 Å². The van der Waals surface area contributed by atoms with Crippen molar-refractivity contribution in [3.63, 3.8) is 0 Å². The molecule has 2 N–H and O–H groups in total. The van der Waals surface area contributed by atoms with E-state index in [0.29, 0.717) is 48.8 Å². The molecular weight excluding hydrogens is 490 g/mol. The summed E-state index contributed by atoms with van der Waals surface area (Å²) >= 11 is 6.04. The number of nitrogens with one attached hydrogen (secondary N) is 2. The molecule has 9 nitrogen and oxygen atoms in total. The van der Waals surface area contributed by atoms with E-state index in [9.17, 15) is 23.3 Å². The van der Waals surface area contributed by atoms with Crippen molar-refractivity contribution in [2.75, 3.05) is 24.2 Å². The number of anilines is 1. The lowest BCUT2D eigenvalue weighted by Crippen LogP contribution is -2.54. The molecule has 1 aromatic heterocycles. The normalized spacial score (nSPS) is 21.0. The van der Waals surface area contributed by atoms with Crippen molar-refractivity contribution in [3.8, 4) is 6.07 Å².